The molecule has 0 unspecified atom stereocenters. The van der Waals surface area contributed by atoms with Gasteiger partial charge in [0, 0.05) is 6.54 Å². The lowest BCUT2D eigenvalue weighted by Gasteiger charge is -2.22. The molecule has 2 N–H and O–H groups in total. The fourth-order valence-electron chi connectivity index (χ4n) is 2.54. The second kappa shape index (κ2) is 9.51. The fraction of sp³-hybridized carbons (Fsp3) is 0.300. The molecule has 0 aliphatic carbocycles. The molecule has 0 saturated carbocycles. The lowest BCUT2D eigenvalue weighted by Crippen LogP contribution is -2.38. The average Bonchev–Trinajstić information content (AvgIpc) is 2.64. The van der Waals surface area contributed by atoms with Gasteiger partial charge in [-0.05, 0) is 30.2 Å². The Balaban J connectivity index is 2.22. The number of nitrogens with zero attached hydrogens (tertiary/aromatic N) is 1. The minimum atomic E-state index is -3.92. The van der Waals surface area contributed by atoms with Crippen molar-refractivity contribution in [3.63, 3.8) is 0 Å². The van der Waals surface area contributed by atoms with E-state index in [1.165, 1.54) is 24.3 Å². The van der Waals surface area contributed by atoms with Gasteiger partial charge < -0.3 is 10.6 Å². The summed E-state index contributed by atoms with van der Waals surface area (Å²) in [6.07, 6.45) is 0.889. The van der Waals surface area contributed by atoms with Gasteiger partial charge in [-0.3, -0.25) is 13.9 Å². The van der Waals surface area contributed by atoms with E-state index in [1.807, 2.05) is 13.8 Å². The predicted octanol–water partition coefficient (Wildman–Crippen LogP) is 2.62. The maximum atomic E-state index is 14.1. The maximum Gasteiger partial charge on any atom is 0.253 e. The number of para-hydroxylation sites is 2. The van der Waals surface area contributed by atoms with Gasteiger partial charge in [-0.1, -0.05) is 38.1 Å². The number of rotatable bonds is 8. The third-order valence-corrected chi connectivity index (χ3v) is 5.05. The summed E-state index contributed by atoms with van der Waals surface area (Å²) in [4.78, 5) is 24.9. The molecule has 0 saturated heterocycles. The van der Waals surface area contributed by atoms with Crippen molar-refractivity contribution in [2.45, 2.75) is 13.8 Å². The molecule has 9 heteroatoms. The van der Waals surface area contributed by atoms with E-state index in [0.29, 0.717) is 10.8 Å². The highest BCUT2D eigenvalue weighted by Gasteiger charge is 2.24. The van der Waals surface area contributed by atoms with Crippen LogP contribution in [0.5, 0.6) is 0 Å². The van der Waals surface area contributed by atoms with Crippen LogP contribution in [0.3, 0.4) is 0 Å². The quantitative estimate of drug-likeness (QED) is 0.685. The number of amides is 2. The van der Waals surface area contributed by atoms with Crippen LogP contribution in [0.4, 0.5) is 15.8 Å². The minimum Gasteiger partial charge on any atom is -0.352 e. The van der Waals surface area contributed by atoms with Gasteiger partial charge in [0.05, 0.1) is 23.2 Å². The number of halogens is 1. The third-order valence-electron chi connectivity index (χ3n) is 3.93. The van der Waals surface area contributed by atoms with E-state index in [0.717, 1.165) is 12.3 Å². The van der Waals surface area contributed by atoms with Crippen molar-refractivity contribution in [2.24, 2.45) is 5.92 Å². The van der Waals surface area contributed by atoms with Gasteiger partial charge in [0.15, 0.2) is 0 Å². The molecular formula is C20H24FN3O4S. The molecule has 0 aromatic heterocycles. The van der Waals surface area contributed by atoms with Crippen molar-refractivity contribution >= 4 is 33.2 Å². The Kier molecular flexibility index (Phi) is 7.33. The molecule has 2 amide bonds. The van der Waals surface area contributed by atoms with Crippen LogP contribution in [0.15, 0.2) is 48.5 Å². The summed E-state index contributed by atoms with van der Waals surface area (Å²) in [6, 6.07) is 11.7. The van der Waals surface area contributed by atoms with Crippen molar-refractivity contribution in [3.8, 4) is 0 Å². The van der Waals surface area contributed by atoms with Gasteiger partial charge in [-0.2, -0.15) is 0 Å². The van der Waals surface area contributed by atoms with Crippen molar-refractivity contribution < 1.29 is 22.4 Å². The molecule has 0 atom stereocenters. The third kappa shape index (κ3) is 6.28. The Hall–Kier alpha value is -2.94. The molecule has 156 valence electrons. The molecule has 0 radical (unpaired) electrons. The number of carbonyl (C=O) groups excluding carboxylic acids is 2. The van der Waals surface area contributed by atoms with Crippen LogP contribution in [-0.2, 0) is 14.8 Å². The molecule has 0 spiro atoms. The van der Waals surface area contributed by atoms with E-state index >= 15 is 0 Å². The molecule has 29 heavy (non-hydrogen) atoms. The van der Waals surface area contributed by atoms with Crippen LogP contribution in [0.2, 0.25) is 0 Å². The van der Waals surface area contributed by atoms with E-state index in [9.17, 15) is 22.4 Å². The standard InChI is InChI=1S/C20H24FN3O4S/c1-14(2)12-22-20(26)15-8-4-6-10-17(15)23-19(25)13-24(29(3,27)28)18-11-7-5-9-16(18)21/h4-11,14H,12-13H2,1-3H3,(H,22,26)(H,23,25). The van der Waals surface area contributed by atoms with Crippen molar-refractivity contribution in [1.82, 2.24) is 5.32 Å². The van der Waals surface area contributed by atoms with Crippen LogP contribution in [0.1, 0.15) is 24.2 Å². The zero-order chi connectivity index (χ0) is 21.6. The van der Waals surface area contributed by atoms with Gasteiger partial charge in [0.25, 0.3) is 5.91 Å². The normalized spacial score (nSPS) is 11.2. The Bertz CT molecular complexity index is 993. The van der Waals surface area contributed by atoms with Gasteiger partial charge in [0.1, 0.15) is 12.4 Å². The van der Waals surface area contributed by atoms with E-state index in [2.05, 4.69) is 10.6 Å². The van der Waals surface area contributed by atoms with Crippen LogP contribution < -0.4 is 14.9 Å². The average molecular weight is 421 g/mol. The molecule has 0 aliphatic heterocycles. The zero-order valence-corrected chi connectivity index (χ0v) is 17.3. The van der Waals surface area contributed by atoms with Crippen molar-refractivity contribution in [2.75, 3.05) is 29.0 Å². The van der Waals surface area contributed by atoms with Gasteiger partial charge >= 0.3 is 0 Å². The number of benzene rings is 2. The summed E-state index contributed by atoms with van der Waals surface area (Å²) < 4.78 is 39.0. The van der Waals surface area contributed by atoms with Gasteiger partial charge in [0.2, 0.25) is 15.9 Å². The number of hydrogen-bond donors (Lipinski definition) is 2. The van der Waals surface area contributed by atoms with E-state index in [-0.39, 0.29) is 28.8 Å². The van der Waals surface area contributed by atoms with E-state index in [4.69, 9.17) is 0 Å². The molecule has 2 rings (SSSR count). The molecule has 0 heterocycles. The number of anilines is 2. The maximum absolute atomic E-state index is 14.1. The molecule has 0 aliphatic rings. The number of hydrogen-bond acceptors (Lipinski definition) is 4. The summed E-state index contributed by atoms with van der Waals surface area (Å²) in [6.45, 7) is 3.74. The summed E-state index contributed by atoms with van der Waals surface area (Å²) >= 11 is 0. The first kappa shape index (κ1) is 22.4. The smallest absolute Gasteiger partial charge is 0.253 e. The lowest BCUT2D eigenvalue weighted by atomic mass is 10.1. The molecule has 0 bridgehead atoms. The molecule has 7 nitrogen and oxygen atoms in total. The largest absolute Gasteiger partial charge is 0.352 e. The molecular weight excluding hydrogens is 397 g/mol. The minimum absolute atomic E-state index is 0.229. The first-order chi connectivity index (χ1) is 13.6. The number of nitrogens with one attached hydrogen (secondary N) is 2. The summed E-state index contributed by atoms with van der Waals surface area (Å²) in [5.41, 5.74) is 0.257. The number of carbonyl (C=O) groups is 2. The summed E-state index contributed by atoms with van der Waals surface area (Å²) in [5.74, 6) is -1.57. The van der Waals surface area contributed by atoms with Crippen molar-refractivity contribution in [1.29, 1.82) is 0 Å². The van der Waals surface area contributed by atoms with E-state index in [1.54, 1.807) is 18.2 Å². The topological polar surface area (TPSA) is 95.6 Å². The Morgan fingerprint density at radius 2 is 1.69 bits per heavy atom. The lowest BCUT2D eigenvalue weighted by molar-refractivity contribution is -0.114. The summed E-state index contributed by atoms with van der Waals surface area (Å²) in [7, 11) is -3.92. The molecule has 2 aromatic rings. The molecule has 0 fully saturated rings. The van der Waals surface area contributed by atoms with Crippen LogP contribution in [0.25, 0.3) is 0 Å². The van der Waals surface area contributed by atoms with Crippen LogP contribution in [0, 0.1) is 11.7 Å². The highest BCUT2D eigenvalue weighted by molar-refractivity contribution is 7.92. The molecule has 2 aromatic carbocycles. The first-order valence-electron chi connectivity index (χ1n) is 8.99. The SMILES string of the molecule is CC(C)CNC(=O)c1ccccc1NC(=O)CN(c1ccccc1F)S(C)(=O)=O. The number of sulfonamides is 1. The fourth-order valence-corrected chi connectivity index (χ4v) is 3.39. The Labute approximate surface area is 170 Å². The van der Waals surface area contributed by atoms with Gasteiger partial charge in [-0.25, -0.2) is 12.8 Å². The zero-order valence-electron chi connectivity index (χ0n) is 16.5. The monoisotopic (exact) mass is 421 g/mol. The van der Waals surface area contributed by atoms with Crippen LogP contribution in [-0.4, -0.2) is 39.6 Å². The first-order valence-corrected chi connectivity index (χ1v) is 10.8. The predicted molar refractivity (Wildman–Crippen MR) is 111 cm³/mol. The highest BCUT2D eigenvalue weighted by Crippen LogP contribution is 2.22. The van der Waals surface area contributed by atoms with Crippen molar-refractivity contribution in [3.05, 3.63) is 59.9 Å². The second-order valence-electron chi connectivity index (χ2n) is 6.92. The summed E-state index contributed by atoms with van der Waals surface area (Å²) in [5, 5.41) is 5.31. The Morgan fingerprint density at radius 1 is 1.07 bits per heavy atom. The van der Waals surface area contributed by atoms with E-state index < -0.39 is 28.3 Å². The second-order valence-corrected chi connectivity index (χ2v) is 8.83. The van der Waals surface area contributed by atoms with Gasteiger partial charge in [-0.15, -0.1) is 0 Å². The Morgan fingerprint density at radius 3 is 2.31 bits per heavy atom. The highest BCUT2D eigenvalue weighted by atomic mass is 32.2. The van der Waals surface area contributed by atoms with Crippen LogP contribution >= 0.6 is 0 Å².